The molecule has 0 heterocycles. The first-order valence-corrected chi connectivity index (χ1v) is 7.98. The Balaban J connectivity index is 1.77. The minimum atomic E-state index is -0.440. The molecule has 120 valence electrons. The van der Waals surface area contributed by atoms with Gasteiger partial charge >= 0.3 is 6.03 Å². The van der Waals surface area contributed by atoms with E-state index in [9.17, 15) is 9.59 Å². The first kappa shape index (κ1) is 16.5. The average molecular weight is 303 g/mol. The van der Waals surface area contributed by atoms with E-state index in [1.165, 1.54) is 0 Å². The fraction of sp³-hybridized carbons (Fsp3) is 0.529. The number of imide groups is 1. The summed E-state index contributed by atoms with van der Waals surface area (Å²) in [6.45, 7) is 3.76. The lowest BCUT2D eigenvalue weighted by Crippen LogP contribution is -2.50. The van der Waals surface area contributed by atoms with Crippen molar-refractivity contribution in [1.82, 2.24) is 16.0 Å². The minimum Gasteiger partial charge on any atom is -0.335 e. The third kappa shape index (κ3) is 4.84. The molecule has 0 bridgehead atoms. The predicted molar refractivity (Wildman–Crippen MR) is 86.4 cm³/mol. The molecular weight excluding hydrogens is 278 g/mol. The molecule has 3 N–H and O–H groups in total. The van der Waals surface area contributed by atoms with Crippen LogP contribution in [0.25, 0.3) is 0 Å². The van der Waals surface area contributed by atoms with Gasteiger partial charge in [0.2, 0.25) is 5.91 Å². The molecule has 3 amide bonds. The predicted octanol–water partition coefficient (Wildman–Crippen LogP) is 2.49. The Kier molecular flexibility index (Phi) is 5.95. The number of amides is 3. The maximum absolute atomic E-state index is 12.1. The standard InChI is InChI=1S/C17H25N3O2/c1-12(14-8-4-3-5-9-14)18-13(2)16(21)20-17(22)19-15-10-6-7-11-15/h3-5,8-9,12-13,15,18H,6-7,10-11H2,1-2H3,(H2,19,20,21,22)/t12-,13-/m0/s1. The van der Waals surface area contributed by atoms with Gasteiger partial charge in [-0.15, -0.1) is 0 Å². The molecule has 0 radical (unpaired) electrons. The van der Waals surface area contributed by atoms with E-state index in [0.29, 0.717) is 0 Å². The van der Waals surface area contributed by atoms with Crippen molar-refractivity contribution in [2.45, 2.75) is 57.7 Å². The van der Waals surface area contributed by atoms with Gasteiger partial charge in [-0.05, 0) is 32.3 Å². The first-order chi connectivity index (χ1) is 10.6. The van der Waals surface area contributed by atoms with Gasteiger partial charge in [0.15, 0.2) is 0 Å². The molecule has 5 heteroatoms. The molecule has 2 rings (SSSR count). The molecule has 1 aromatic rings. The Bertz CT molecular complexity index is 498. The van der Waals surface area contributed by atoms with Gasteiger partial charge in [-0.1, -0.05) is 43.2 Å². The highest BCUT2D eigenvalue weighted by molar-refractivity contribution is 5.96. The van der Waals surface area contributed by atoms with Crippen LogP contribution in [0, 0.1) is 0 Å². The van der Waals surface area contributed by atoms with Gasteiger partial charge in [-0.3, -0.25) is 15.4 Å². The zero-order chi connectivity index (χ0) is 15.9. The van der Waals surface area contributed by atoms with Gasteiger partial charge in [0.05, 0.1) is 6.04 Å². The van der Waals surface area contributed by atoms with Gasteiger partial charge in [0.25, 0.3) is 0 Å². The second-order valence-electron chi connectivity index (χ2n) is 5.96. The summed E-state index contributed by atoms with van der Waals surface area (Å²) >= 11 is 0. The van der Waals surface area contributed by atoms with Crippen LogP contribution in [0.2, 0.25) is 0 Å². The Morgan fingerprint density at radius 1 is 1.09 bits per heavy atom. The minimum absolute atomic E-state index is 0.0415. The summed E-state index contributed by atoms with van der Waals surface area (Å²) in [5, 5.41) is 8.47. The number of hydrogen-bond donors (Lipinski definition) is 3. The van der Waals surface area contributed by atoms with Crippen molar-refractivity contribution < 1.29 is 9.59 Å². The SMILES string of the molecule is C[C@H](N[C@@H](C)c1ccccc1)C(=O)NC(=O)NC1CCCC1. The molecule has 1 saturated carbocycles. The van der Waals surface area contributed by atoms with Crippen LogP contribution in [0.5, 0.6) is 0 Å². The van der Waals surface area contributed by atoms with E-state index in [4.69, 9.17) is 0 Å². The second kappa shape index (κ2) is 7.94. The molecule has 0 aromatic heterocycles. The lowest BCUT2D eigenvalue weighted by molar-refractivity contribution is -0.121. The average Bonchev–Trinajstić information content (AvgIpc) is 3.00. The molecule has 22 heavy (non-hydrogen) atoms. The number of urea groups is 1. The van der Waals surface area contributed by atoms with Crippen molar-refractivity contribution in [2.75, 3.05) is 0 Å². The van der Waals surface area contributed by atoms with Crippen molar-refractivity contribution in [1.29, 1.82) is 0 Å². The van der Waals surface area contributed by atoms with Crippen LogP contribution < -0.4 is 16.0 Å². The molecule has 1 fully saturated rings. The van der Waals surface area contributed by atoms with E-state index in [0.717, 1.165) is 31.2 Å². The van der Waals surface area contributed by atoms with E-state index in [1.807, 2.05) is 37.3 Å². The third-order valence-electron chi connectivity index (χ3n) is 4.12. The first-order valence-electron chi connectivity index (χ1n) is 7.98. The number of rotatable bonds is 5. The van der Waals surface area contributed by atoms with Crippen molar-refractivity contribution >= 4 is 11.9 Å². The maximum Gasteiger partial charge on any atom is 0.321 e. The molecule has 1 aromatic carbocycles. The summed E-state index contributed by atoms with van der Waals surface area (Å²) in [5.41, 5.74) is 1.11. The Labute approximate surface area is 131 Å². The fourth-order valence-corrected chi connectivity index (χ4v) is 2.80. The summed E-state index contributed by atoms with van der Waals surface area (Å²) in [6.07, 6.45) is 4.29. The van der Waals surface area contributed by atoms with Crippen LogP contribution in [0.15, 0.2) is 30.3 Å². The molecule has 1 aliphatic carbocycles. The quantitative estimate of drug-likeness (QED) is 0.782. The summed E-state index contributed by atoms with van der Waals surface area (Å²) in [4.78, 5) is 23.9. The normalized spacial score (nSPS) is 17.7. The zero-order valence-corrected chi connectivity index (χ0v) is 13.3. The molecule has 0 unspecified atom stereocenters. The van der Waals surface area contributed by atoms with Crippen LogP contribution >= 0.6 is 0 Å². The largest absolute Gasteiger partial charge is 0.335 e. The van der Waals surface area contributed by atoms with Crippen molar-refractivity contribution in [2.24, 2.45) is 0 Å². The fourth-order valence-electron chi connectivity index (χ4n) is 2.80. The van der Waals surface area contributed by atoms with Crippen LogP contribution in [0.3, 0.4) is 0 Å². The van der Waals surface area contributed by atoms with E-state index >= 15 is 0 Å². The van der Waals surface area contributed by atoms with Crippen molar-refractivity contribution in [3.63, 3.8) is 0 Å². The van der Waals surface area contributed by atoms with E-state index in [-0.39, 0.29) is 18.0 Å². The van der Waals surface area contributed by atoms with Crippen LogP contribution in [0.1, 0.15) is 51.1 Å². The van der Waals surface area contributed by atoms with E-state index in [1.54, 1.807) is 6.92 Å². The Hall–Kier alpha value is -1.88. The Morgan fingerprint density at radius 2 is 1.73 bits per heavy atom. The monoisotopic (exact) mass is 303 g/mol. The maximum atomic E-state index is 12.1. The summed E-state index contributed by atoms with van der Waals surface area (Å²) in [5.74, 6) is -0.307. The molecule has 0 spiro atoms. The van der Waals surface area contributed by atoms with Crippen LogP contribution in [0.4, 0.5) is 4.79 Å². The zero-order valence-electron chi connectivity index (χ0n) is 13.3. The molecule has 1 aliphatic rings. The van der Waals surface area contributed by atoms with E-state index < -0.39 is 12.1 Å². The second-order valence-corrected chi connectivity index (χ2v) is 5.96. The molecule has 0 aliphatic heterocycles. The van der Waals surface area contributed by atoms with Crippen molar-refractivity contribution in [3.05, 3.63) is 35.9 Å². The molecular formula is C17H25N3O2. The van der Waals surface area contributed by atoms with E-state index in [2.05, 4.69) is 16.0 Å². The number of carbonyl (C=O) groups is 2. The number of carbonyl (C=O) groups excluding carboxylic acids is 2. The summed E-state index contributed by atoms with van der Waals surface area (Å²) in [6, 6.07) is 9.33. The highest BCUT2D eigenvalue weighted by Gasteiger charge is 2.21. The van der Waals surface area contributed by atoms with Crippen molar-refractivity contribution in [3.8, 4) is 0 Å². The van der Waals surface area contributed by atoms with Gasteiger partial charge in [0, 0.05) is 12.1 Å². The smallest absolute Gasteiger partial charge is 0.321 e. The number of hydrogen-bond acceptors (Lipinski definition) is 3. The lowest BCUT2D eigenvalue weighted by Gasteiger charge is -2.20. The van der Waals surface area contributed by atoms with Gasteiger partial charge in [-0.25, -0.2) is 4.79 Å². The molecule has 2 atom stereocenters. The molecule has 5 nitrogen and oxygen atoms in total. The highest BCUT2D eigenvalue weighted by atomic mass is 16.2. The third-order valence-corrected chi connectivity index (χ3v) is 4.12. The van der Waals surface area contributed by atoms with Gasteiger partial charge in [0.1, 0.15) is 0 Å². The lowest BCUT2D eigenvalue weighted by atomic mass is 10.1. The molecule has 0 saturated heterocycles. The van der Waals surface area contributed by atoms with Gasteiger partial charge in [-0.2, -0.15) is 0 Å². The highest BCUT2D eigenvalue weighted by Crippen LogP contribution is 2.17. The summed E-state index contributed by atoms with van der Waals surface area (Å²) < 4.78 is 0. The number of benzene rings is 1. The Morgan fingerprint density at radius 3 is 2.36 bits per heavy atom. The van der Waals surface area contributed by atoms with Crippen LogP contribution in [-0.4, -0.2) is 24.0 Å². The topological polar surface area (TPSA) is 70.2 Å². The number of nitrogens with one attached hydrogen (secondary N) is 3. The summed E-state index contributed by atoms with van der Waals surface area (Å²) in [7, 11) is 0. The van der Waals surface area contributed by atoms with Gasteiger partial charge < -0.3 is 5.32 Å². The van der Waals surface area contributed by atoms with Crippen LogP contribution in [-0.2, 0) is 4.79 Å².